The van der Waals surface area contributed by atoms with Gasteiger partial charge in [-0.3, -0.25) is 4.79 Å². The molecule has 2 aromatic carbocycles. The third-order valence-corrected chi connectivity index (χ3v) is 8.54. The summed E-state index contributed by atoms with van der Waals surface area (Å²) in [6.07, 6.45) is 1.60. The van der Waals surface area contributed by atoms with Gasteiger partial charge < -0.3 is 4.90 Å². The van der Waals surface area contributed by atoms with Crippen LogP contribution in [0, 0.1) is 6.92 Å². The minimum Gasteiger partial charge on any atom is -0.335 e. The van der Waals surface area contributed by atoms with Gasteiger partial charge in [-0.1, -0.05) is 48.5 Å². The van der Waals surface area contributed by atoms with Gasteiger partial charge in [-0.2, -0.15) is 9.40 Å². The van der Waals surface area contributed by atoms with Gasteiger partial charge in [0.2, 0.25) is 10.0 Å². The summed E-state index contributed by atoms with van der Waals surface area (Å²) >= 11 is 1.42. The van der Waals surface area contributed by atoms with Gasteiger partial charge in [0, 0.05) is 37.0 Å². The molecule has 1 amide bonds. The maximum absolute atomic E-state index is 13.2. The highest BCUT2D eigenvalue weighted by Gasteiger charge is 2.29. The lowest BCUT2D eigenvalue weighted by Crippen LogP contribution is -2.49. The number of amides is 1. The fraction of sp³-hybridized carbons (Fsp3) is 0.200. The van der Waals surface area contributed by atoms with Gasteiger partial charge in [-0.25, -0.2) is 13.1 Å². The van der Waals surface area contributed by atoms with Crippen molar-refractivity contribution in [3.63, 3.8) is 0 Å². The van der Waals surface area contributed by atoms with Crippen LogP contribution in [0.4, 0.5) is 0 Å². The first-order valence-corrected chi connectivity index (χ1v) is 13.3. The molecule has 4 aromatic rings. The number of carbonyl (C=O) groups is 1. The maximum Gasteiger partial charge on any atom is 0.264 e. The average molecular weight is 493 g/mol. The smallest absolute Gasteiger partial charge is 0.264 e. The maximum atomic E-state index is 13.2. The van der Waals surface area contributed by atoms with Crippen LogP contribution in [0.1, 0.15) is 20.9 Å². The van der Waals surface area contributed by atoms with Gasteiger partial charge in [-0.05, 0) is 36.8 Å². The van der Waals surface area contributed by atoms with Crippen molar-refractivity contribution in [3.05, 3.63) is 88.3 Å². The molecule has 9 heteroatoms. The molecular weight excluding hydrogens is 468 g/mol. The van der Waals surface area contributed by atoms with E-state index in [-0.39, 0.29) is 19.0 Å². The number of benzene rings is 2. The number of para-hydroxylation sites is 1. The zero-order chi connectivity index (χ0) is 23.7. The van der Waals surface area contributed by atoms with Crippen LogP contribution in [0.2, 0.25) is 0 Å². The first-order chi connectivity index (χ1) is 16.4. The van der Waals surface area contributed by atoms with Gasteiger partial charge in [0.1, 0.15) is 4.83 Å². The van der Waals surface area contributed by atoms with Gasteiger partial charge >= 0.3 is 0 Å². The van der Waals surface area contributed by atoms with Crippen molar-refractivity contribution < 1.29 is 13.2 Å². The number of aryl methyl sites for hydroxylation is 1. The van der Waals surface area contributed by atoms with E-state index < -0.39 is 10.0 Å². The standard InChI is InChI=1S/C25H24N4O3S2/c1-19-22-18-23(33-25(22)29(26-19)21-10-6-3-7-11-21)24(30)27-13-15-28(16-14-27)34(31,32)17-12-20-8-4-2-5-9-20/h2-12,17-18H,13-16H2,1H3/b17-12+. The van der Waals surface area contributed by atoms with Crippen LogP contribution in [0.5, 0.6) is 0 Å². The molecule has 0 N–H and O–H groups in total. The lowest BCUT2D eigenvalue weighted by molar-refractivity contribution is 0.0703. The van der Waals surface area contributed by atoms with Crippen LogP contribution >= 0.6 is 11.3 Å². The molecule has 3 heterocycles. The molecule has 2 aromatic heterocycles. The summed E-state index contributed by atoms with van der Waals surface area (Å²) in [4.78, 5) is 16.5. The summed E-state index contributed by atoms with van der Waals surface area (Å²) in [6, 6.07) is 21.1. The Morgan fingerprint density at radius 2 is 1.62 bits per heavy atom. The highest BCUT2D eigenvalue weighted by molar-refractivity contribution is 7.92. The van der Waals surface area contributed by atoms with Gasteiger partial charge in [0.15, 0.2) is 0 Å². The lowest BCUT2D eigenvalue weighted by Gasteiger charge is -2.33. The highest BCUT2D eigenvalue weighted by atomic mass is 32.2. The second-order valence-electron chi connectivity index (χ2n) is 8.11. The van der Waals surface area contributed by atoms with Crippen molar-refractivity contribution in [2.75, 3.05) is 26.2 Å². The molecule has 5 rings (SSSR count). The predicted octanol–water partition coefficient (Wildman–Crippen LogP) is 4.15. The Balaban J connectivity index is 1.29. The molecule has 174 valence electrons. The molecule has 0 atom stereocenters. The van der Waals surface area contributed by atoms with Crippen LogP contribution in [0.15, 0.2) is 72.1 Å². The first-order valence-electron chi connectivity index (χ1n) is 11.0. The summed E-state index contributed by atoms with van der Waals surface area (Å²) in [5.74, 6) is -0.0721. The highest BCUT2D eigenvalue weighted by Crippen LogP contribution is 2.31. The molecule has 0 spiro atoms. The second-order valence-corrected chi connectivity index (χ2v) is 11.0. The van der Waals surface area contributed by atoms with E-state index in [1.54, 1.807) is 11.0 Å². The van der Waals surface area contributed by atoms with Crippen LogP contribution in [-0.2, 0) is 10.0 Å². The summed E-state index contributed by atoms with van der Waals surface area (Å²) in [7, 11) is -3.54. The molecule has 1 saturated heterocycles. The average Bonchev–Trinajstić information content (AvgIpc) is 3.44. The number of sulfonamides is 1. The summed E-state index contributed by atoms with van der Waals surface area (Å²) < 4.78 is 28.8. The molecule has 1 fully saturated rings. The minimum absolute atomic E-state index is 0.0721. The van der Waals surface area contributed by atoms with E-state index in [2.05, 4.69) is 5.10 Å². The number of fused-ring (bicyclic) bond motifs is 1. The molecule has 0 bridgehead atoms. The third kappa shape index (κ3) is 4.42. The minimum atomic E-state index is -3.54. The van der Waals surface area contributed by atoms with Gasteiger partial charge in [0.25, 0.3) is 5.91 Å². The van der Waals surface area contributed by atoms with E-state index in [9.17, 15) is 13.2 Å². The Hall–Kier alpha value is -3.27. The number of piperazine rings is 1. The van der Waals surface area contributed by atoms with Crippen molar-refractivity contribution in [1.29, 1.82) is 0 Å². The second kappa shape index (κ2) is 9.17. The topological polar surface area (TPSA) is 75.5 Å². The van der Waals surface area contributed by atoms with Gasteiger partial charge in [-0.15, -0.1) is 11.3 Å². The van der Waals surface area contributed by atoms with E-state index in [4.69, 9.17) is 0 Å². The Labute approximate surface area is 202 Å². The van der Waals surface area contributed by atoms with E-state index in [1.807, 2.05) is 78.3 Å². The molecule has 1 aliphatic heterocycles. The molecule has 0 saturated carbocycles. The van der Waals surface area contributed by atoms with Crippen LogP contribution in [0.25, 0.3) is 22.0 Å². The van der Waals surface area contributed by atoms with Crippen LogP contribution < -0.4 is 0 Å². The number of thiophene rings is 1. The number of hydrogen-bond acceptors (Lipinski definition) is 5. The van der Waals surface area contributed by atoms with Crippen molar-refractivity contribution in [2.45, 2.75) is 6.92 Å². The number of nitrogens with zero attached hydrogens (tertiary/aromatic N) is 4. The molecule has 34 heavy (non-hydrogen) atoms. The SMILES string of the molecule is Cc1nn(-c2ccccc2)c2sc(C(=O)N3CCN(S(=O)(=O)/C=C/c4ccccc4)CC3)cc12. The largest absolute Gasteiger partial charge is 0.335 e. The molecule has 0 unspecified atom stereocenters. The summed E-state index contributed by atoms with van der Waals surface area (Å²) in [5, 5.41) is 6.83. The Kier molecular flexibility index (Phi) is 6.07. The van der Waals surface area contributed by atoms with Crippen molar-refractivity contribution in [1.82, 2.24) is 19.0 Å². The first kappa shape index (κ1) is 22.5. The summed E-state index contributed by atoms with van der Waals surface area (Å²) in [5.41, 5.74) is 2.65. The number of aromatic nitrogens is 2. The third-order valence-electron chi connectivity index (χ3n) is 5.87. The molecule has 7 nitrogen and oxygen atoms in total. The van der Waals surface area contributed by atoms with Crippen molar-refractivity contribution in [2.24, 2.45) is 0 Å². The Bertz CT molecular complexity index is 1450. The fourth-order valence-electron chi connectivity index (χ4n) is 4.01. The van der Waals surface area contributed by atoms with E-state index in [0.717, 1.165) is 27.2 Å². The molecule has 1 aliphatic rings. The number of hydrogen-bond donors (Lipinski definition) is 0. The molecule has 0 aliphatic carbocycles. The lowest BCUT2D eigenvalue weighted by atomic mass is 10.2. The van der Waals surface area contributed by atoms with Gasteiger partial charge in [0.05, 0.1) is 16.3 Å². The van der Waals surface area contributed by atoms with Crippen LogP contribution in [0.3, 0.4) is 0 Å². The van der Waals surface area contributed by atoms with Crippen LogP contribution in [-0.4, -0.2) is 59.5 Å². The predicted molar refractivity (Wildman–Crippen MR) is 136 cm³/mol. The number of carbonyl (C=O) groups excluding carboxylic acids is 1. The Morgan fingerprint density at radius 3 is 2.29 bits per heavy atom. The fourth-order valence-corrected chi connectivity index (χ4v) is 6.34. The Morgan fingerprint density at radius 1 is 0.971 bits per heavy atom. The molecular formula is C25H24N4O3S2. The zero-order valence-corrected chi connectivity index (χ0v) is 20.3. The van der Waals surface area contributed by atoms with Crippen molar-refractivity contribution in [3.8, 4) is 5.69 Å². The normalized spacial score (nSPS) is 15.4. The monoisotopic (exact) mass is 492 g/mol. The van der Waals surface area contributed by atoms with E-state index in [0.29, 0.717) is 18.0 Å². The van der Waals surface area contributed by atoms with E-state index in [1.165, 1.54) is 21.1 Å². The summed E-state index contributed by atoms with van der Waals surface area (Å²) in [6.45, 7) is 3.20. The van der Waals surface area contributed by atoms with Crippen molar-refractivity contribution >= 4 is 43.6 Å². The quantitative estimate of drug-likeness (QED) is 0.419. The molecule has 0 radical (unpaired) electrons. The van der Waals surface area contributed by atoms with E-state index >= 15 is 0 Å². The zero-order valence-electron chi connectivity index (χ0n) is 18.7. The number of rotatable bonds is 5.